The quantitative estimate of drug-likeness (QED) is 0.590. The molecule has 0 aromatic heterocycles. The van der Waals surface area contributed by atoms with Crippen LogP contribution in [0.5, 0.6) is 0 Å². The fourth-order valence-electron chi connectivity index (χ4n) is 0.946. The van der Waals surface area contributed by atoms with E-state index in [1.54, 1.807) is 7.11 Å². The third-order valence-corrected chi connectivity index (χ3v) is 1.49. The SMILES string of the molecule is COCCC(NC(C)C)C(N)=O. The van der Waals surface area contributed by atoms with E-state index in [-0.39, 0.29) is 18.0 Å². The molecule has 4 heteroatoms. The van der Waals surface area contributed by atoms with Crippen molar-refractivity contribution < 1.29 is 9.53 Å². The number of rotatable bonds is 6. The van der Waals surface area contributed by atoms with Gasteiger partial charge in [-0.15, -0.1) is 0 Å². The minimum atomic E-state index is -0.319. The Labute approximate surface area is 73.5 Å². The van der Waals surface area contributed by atoms with Gasteiger partial charge in [0.05, 0.1) is 6.04 Å². The van der Waals surface area contributed by atoms with Crippen molar-refractivity contribution in [1.82, 2.24) is 5.32 Å². The normalized spacial score (nSPS) is 13.3. The van der Waals surface area contributed by atoms with Crippen LogP contribution in [0.2, 0.25) is 0 Å². The number of nitrogens with one attached hydrogen (secondary N) is 1. The van der Waals surface area contributed by atoms with Crippen LogP contribution in [0, 0.1) is 0 Å². The Morgan fingerprint density at radius 2 is 2.17 bits per heavy atom. The summed E-state index contributed by atoms with van der Waals surface area (Å²) in [5.74, 6) is -0.319. The van der Waals surface area contributed by atoms with Crippen LogP contribution in [-0.4, -0.2) is 31.7 Å². The number of amides is 1. The van der Waals surface area contributed by atoms with Crippen LogP contribution in [0.25, 0.3) is 0 Å². The second-order valence-electron chi connectivity index (χ2n) is 3.06. The van der Waals surface area contributed by atoms with Gasteiger partial charge in [-0.2, -0.15) is 0 Å². The Morgan fingerprint density at radius 3 is 2.50 bits per heavy atom. The van der Waals surface area contributed by atoms with Crippen molar-refractivity contribution >= 4 is 5.91 Å². The molecule has 0 heterocycles. The summed E-state index contributed by atoms with van der Waals surface area (Å²) in [5.41, 5.74) is 5.17. The number of methoxy groups -OCH3 is 1. The van der Waals surface area contributed by atoms with E-state index < -0.39 is 0 Å². The fraction of sp³-hybridized carbons (Fsp3) is 0.875. The Morgan fingerprint density at radius 1 is 1.58 bits per heavy atom. The van der Waals surface area contributed by atoms with Gasteiger partial charge in [0.1, 0.15) is 0 Å². The first-order chi connectivity index (χ1) is 5.57. The largest absolute Gasteiger partial charge is 0.385 e. The number of nitrogens with two attached hydrogens (primary N) is 1. The van der Waals surface area contributed by atoms with Gasteiger partial charge in [-0.3, -0.25) is 4.79 Å². The number of hydrogen-bond donors (Lipinski definition) is 2. The lowest BCUT2D eigenvalue weighted by molar-refractivity contribution is -0.120. The monoisotopic (exact) mass is 174 g/mol. The van der Waals surface area contributed by atoms with Crippen LogP contribution in [0.15, 0.2) is 0 Å². The summed E-state index contributed by atoms with van der Waals surface area (Å²) in [4.78, 5) is 10.8. The van der Waals surface area contributed by atoms with Gasteiger partial charge in [0.25, 0.3) is 0 Å². The van der Waals surface area contributed by atoms with Gasteiger partial charge in [0, 0.05) is 19.8 Å². The van der Waals surface area contributed by atoms with E-state index >= 15 is 0 Å². The van der Waals surface area contributed by atoms with Gasteiger partial charge in [0.15, 0.2) is 0 Å². The number of ether oxygens (including phenoxy) is 1. The van der Waals surface area contributed by atoms with Crippen LogP contribution < -0.4 is 11.1 Å². The highest BCUT2D eigenvalue weighted by atomic mass is 16.5. The molecule has 0 saturated carbocycles. The summed E-state index contributed by atoms with van der Waals surface area (Å²) in [5, 5.41) is 3.06. The van der Waals surface area contributed by atoms with Crippen LogP contribution in [0.4, 0.5) is 0 Å². The van der Waals surface area contributed by atoms with Crippen molar-refractivity contribution in [3.8, 4) is 0 Å². The molecule has 1 atom stereocenters. The van der Waals surface area contributed by atoms with Crippen molar-refractivity contribution in [2.45, 2.75) is 32.4 Å². The van der Waals surface area contributed by atoms with Crippen molar-refractivity contribution in [2.75, 3.05) is 13.7 Å². The van der Waals surface area contributed by atoms with E-state index in [1.807, 2.05) is 13.8 Å². The summed E-state index contributed by atoms with van der Waals surface area (Å²) in [7, 11) is 1.60. The predicted molar refractivity (Wildman–Crippen MR) is 47.7 cm³/mol. The Kier molecular flexibility index (Phi) is 5.66. The first-order valence-corrected chi connectivity index (χ1v) is 4.12. The summed E-state index contributed by atoms with van der Waals surface area (Å²) >= 11 is 0. The minimum absolute atomic E-state index is 0.263. The highest BCUT2D eigenvalue weighted by Crippen LogP contribution is 1.93. The molecule has 0 aromatic rings. The third kappa shape index (κ3) is 5.09. The zero-order valence-electron chi connectivity index (χ0n) is 7.96. The molecular weight excluding hydrogens is 156 g/mol. The Hall–Kier alpha value is -0.610. The molecule has 0 aliphatic rings. The second-order valence-corrected chi connectivity index (χ2v) is 3.06. The maximum absolute atomic E-state index is 10.8. The first-order valence-electron chi connectivity index (χ1n) is 4.12. The van der Waals surface area contributed by atoms with Crippen molar-refractivity contribution in [3.05, 3.63) is 0 Å². The number of carbonyl (C=O) groups excluding carboxylic acids is 1. The summed E-state index contributed by atoms with van der Waals surface area (Å²) in [6.45, 7) is 4.50. The molecule has 0 fully saturated rings. The summed E-state index contributed by atoms with van der Waals surface area (Å²) in [6.07, 6.45) is 0.629. The zero-order valence-corrected chi connectivity index (χ0v) is 7.96. The van der Waals surface area contributed by atoms with Crippen LogP contribution in [0.3, 0.4) is 0 Å². The zero-order chi connectivity index (χ0) is 9.56. The molecule has 0 aromatic carbocycles. The number of primary amides is 1. The average Bonchev–Trinajstić information content (AvgIpc) is 1.96. The predicted octanol–water partition coefficient (Wildman–Crippen LogP) is -0.125. The maximum Gasteiger partial charge on any atom is 0.234 e. The molecule has 0 bridgehead atoms. The number of hydrogen-bond acceptors (Lipinski definition) is 3. The van der Waals surface area contributed by atoms with E-state index in [0.29, 0.717) is 13.0 Å². The maximum atomic E-state index is 10.8. The van der Waals surface area contributed by atoms with Gasteiger partial charge in [-0.1, -0.05) is 13.8 Å². The molecule has 0 saturated heterocycles. The van der Waals surface area contributed by atoms with Gasteiger partial charge in [0.2, 0.25) is 5.91 Å². The van der Waals surface area contributed by atoms with E-state index in [0.717, 1.165) is 0 Å². The van der Waals surface area contributed by atoms with Gasteiger partial charge < -0.3 is 15.8 Å². The standard InChI is InChI=1S/C8H18N2O2/c1-6(2)10-7(8(9)11)4-5-12-3/h6-7,10H,4-5H2,1-3H3,(H2,9,11). The van der Waals surface area contributed by atoms with Gasteiger partial charge in [-0.05, 0) is 6.42 Å². The topological polar surface area (TPSA) is 64.3 Å². The van der Waals surface area contributed by atoms with Crippen molar-refractivity contribution in [1.29, 1.82) is 0 Å². The average molecular weight is 174 g/mol. The van der Waals surface area contributed by atoms with Gasteiger partial charge in [-0.25, -0.2) is 0 Å². The molecule has 0 rings (SSSR count). The second kappa shape index (κ2) is 5.97. The molecule has 1 amide bonds. The molecule has 3 N–H and O–H groups in total. The van der Waals surface area contributed by atoms with Crippen molar-refractivity contribution in [3.63, 3.8) is 0 Å². The third-order valence-electron chi connectivity index (χ3n) is 1.49. The summed E-state index contributed by atoms with van der Waals surface area (Å²) < 4.78 is 4.86. The smallest absolute Gasteiger partial charge is 0.234 e. The molecule has 0 aliphatic carbocycles. The molecular formula is C8H18N2O2. The van der Waals surface area contributed by atoms with Crippen LogP contribution in [0.1, 0.15) is 20.3 Å². The van der Waals surface area contributed by atoms with E-state index in [1.165, 1.54) is 0 Å². The van der Waals surface area contributed by atoms with Gasteiger partial charge >= 0.3 is 0 Å². The Bertz CT molecular complexity index is 137. The first kappa shape index (κ1) is 11.4. The molecule has 0 aliphatic heterocycles. The van der Waals surface area contributed by atoms with Crippen LogP contribution >= 0.6 is 0 Å². The molecule has 72 valence electrons. The molecule has 0 radical (unpaired) electrons. The van der Waals surface area contributed by atoms with E-state index in [9.17, 15) is 4.79 Å². The lowest BCUT2D eigenvalue weighted by atomic mass is 10.2. The Balaban J connectivity index is 3.78. The van der Waals surface area contributed by atoms with E-state index in [4.69, 9.17) is 10.5 Å². The van der Waals surface area contributed by atoms with E-state index in [2.05, 4.69) is 5.32 Å². The minimum Gasteiger partial charge on any atom is -0.385 e. The summed E-state index contributed by atoms with van der Waals surface area (Å²) in [6, 6.07) is -0.00990. The van der Waals surface area contributed by atoms with Crippen molar-refractivity contribution in [2.24, 2.45) is 5.73 Å². The number of carbonyl (C=O) groups is 1. The fourth-order valence-corrected chi connectivity index (χ4v) is 0.946. The lowest BCUT2D eigenvalue weighted by Crippen LogP contribution is -2.45. The molecule has 4 nitrogen and oxygen atoms in total. The highest BCUT2D eigenvalue weighted by Gasteiger charge is 2.14. The van der Waals surface area contributed by atoms with Crippen LogP contribution in [-0.2, 0) is 9.53 Å². The molecule has 12 heavy (non-hydrogen) atoms. The lowest BCUT2D eigenvalue weighted by Gasteiger charge is -2.17. The molecule has 0 spiro atoms. The highest BCUT2D eigenvalue weighted by molar-refractivity contribution is 5.79. The molecule has 1 unspecified atom stereocenters.